The summed E-state index contributed by atoms with van der Waals surface area (Å²) >= 11 is 6.27. The number of aliphatic hydroxyl groups is 1. The van der Waals surface area contributed by atoms with E-state index in [9.17, 15) is 19.1 Å². The summed E-state index contributed by atoms with van der Waals surface area (Å²) in [6, 6.07) is 10.2. The molecular formula is C28H32Cl3FN6O4. The van der Waals surface area contributed by atoms with E-state index in [2.05, 4.69) is 14.8 Å². The molecule has 2 aromatic heterocycles. The first-order valence-corrected chi connectivity index (χ1v) is 13.2. The molecule has 0 radical (unpaired) electrons. The van der Waals surface area contributed by atoms with E-state index in [-0.39, 0.29) is 65.1 Å². The van der Waals surface area contributed by atoms with Gasteiger partial charge in [0.1, 0.15) is 11.3 Å². The summed E-state index contributed by atoms with van der Waals surface area (Å²) in [4.78, 5) is 31.6. The molecule has 1 aliphatic rings. The number of fused-ring (bicyclic) bond motifs is 1. The third-order valence-electron chi connectivity index (χ3n) is 7.47. The zero-order valence-corrected chi connectivity index (χ0v) is 25.4. The maximum atomic E-state index is 14.7. The van der Waals surface area contributed by atoms with Crippen molar-refractivity contribution in [2.75, 3.05) is 20.2 Å². The molecule has 14 heteroatoms. The summed E-state index contributed by atoms with van der Waals surface area (Å²) in [6.45, 7) is 1.63. The summed E-state index contributed by atoms with van der Waals surface area (Å²) < 4.78 is 22.4. The van der Waals surface area contributed by atoms with Crippen LogP contribution in [0.3, 0.4) is 0 Å². The van der Waals surface area contributed by atoms with Crippen LogP contribution in [0, 0.1) is 5.82 Å². The molecule has 0 atom stereocenters. The monoisotopic (exact) mass is 640 g/mol. The average Bonchev–Trinajstić information content (AvgIpc) is 3.29. The van der Waals surface area contributed by atoms with E-state index in [0.717, 1.165) is 22.9 Å². The highest BCUT2D eigenvalue weighted by Gasteiger charge is 2.34. The summed E-state index contributed by atoms with van der Waals surface area (Å²) in [5, 5.41) is 15.9. The molecule has 2 aromatic carbocycles. The van der Waals surface area contributed by atoms with E-state index < -0.39 is 17.4 Å². The number of piperidine rings is 1. The van der Waals surface area contributed by atoms with Gasteiger partial charge in [0.15, 0.2) is 5.52 Å². The number of aryl methyl sites for hydroxylation is 1. The summed E-state index contributed by atoms with van der Waals surface area (Å²) in [7, 11) is 2.98. The second kappa shape index (κ2) is 13.5. The number of hydrogen-bond acceptors (Lipinski definition) is 8. The number of hydrogen-bond donors (Lipinski definition) is 2. The summed E-state index contributed by atoms with van der Waals surface area (Å²) in [5.74, 6) is -1.26. The Morgan fingerprint density at radius 3 is 2.43 bits per heavy atom. The van der Waals surface area contributed by atoms with Crippen molar-refractivity contribution in [3.63, 3.8) is 0 Å². The van der Waals surface area contributed by atoms with Crippen molar-refractivity contribution in [2.24, 2.45) is 12.8 Å². The molecule has 1 aliphatic heterocycles. The average molecular weight is 642 g/mol. The van der Waals surface area contributed by atoms with Gasteiger partial charge in [-0.3, -0.25) is 18.9 Å². The van der Waals surface area contributed by atoms with Gasteiger partial charge in [-0.1, -0.05) is 35.9 Å². The van der Waals surface area contributed by atoms with Gasteiger partial charge in [0.25, 0.3) is 5.56 Å². The summed E-state index contributed by atoms with van der Waals surface area (Å²) in [6.07, 6.45) is 2.17. The van der Waals surface area contributed by atoms with Crippen molar-refractivity contribution in [3.8, 4) is 11.3 Å². The van der Waals surface area contributed by atoms with E-state index in [4.69, 9.17) is 17.3 Å². The maximum Gasteiger partial charge on any atom is 0.338 e. The Kier molecular flexibility index (Phi) is 10.7. The minimum atomic E-state index is -1.15. The molecule has 5 rings (SSSR count). The lowest BCUT2D eigenvalue weighted by Crippen LogP contribution is -2.47. The zero-order chi connectivity index (χ0) is 28.6. The van der Waals surface area contributed by atoms with Gasteiger partial charge in [-0.15, -0.1) is 24.8 Å². The number of ether oxygens (including phenoxy) is 1. The maximum absolute atomic E-state index is 14.7. The number of likely N-dealkylation sites (tertiary alicyclic amines) is 1. The van der Waals surface area contributed by atoms with Gasteiger partial charge >= 0.3 is 5.97 Å². The number of halogens is 4. The zero-order valence-electron chi connectivity index (χ0n) is 23.0. The Hall–Kier alpha value is -3.06. The smallest absolute Gasteiger partial charge is 0.338 e. The van der Waals surface area contributed by atoms with E-state index >= 15 is 0 Å². The van der Waals surface area contributed by atoms with Gasteiger partial charge in [0.2, 0.25) is 0 Å². The van der Waals surface area contributed by atoms with Gasteiger partial charge in [-0.2, -0.15) is 5.10 Å². The quantitative estimate of drug-likeness (QED) is 0.293. The van der Waals surface area contributed by atoms with Gasteiger partial charge < -0.3 is 15.6 Å². The van der Waals surface area contributed by atoms with Crippen LogP contribution in [0.1, 0.15) is 34.3 Å². The highest BCUT2D eigenvalue weighted by molar-refractivity contribution is 6.31. The number of nitrogens with zero attached hydrogens (tertiary/aromatic N) is 5. The van der Waals surface area contributed by atoms with Crippen LogP contribution in [0.4, 0.5) is 4.39 Å². The highest BCUT2D eigenvalue weighted by atomic mass is 35.5. The van der Waals surface area contributed by atoms with Gasteiger partial charge in [-0.25, -0.2) is 14.2 Å². The minimum absolute atomic E-state index is 0. The van der Waals surface area contributed by atoms with Crippen LogP contribution in [0.5, 0.6) is 0 Å². The Morgan fingerprint density at radius 2 is 1.83 bits per heavy atom. The Bertz CT molecular complexity index is 1610. The number of methoxy groups -OCH3 is 1. The number of carbonyl (C=O) groups is 1. The fourth-order valence-corrected chi connectivity index (χ4v) is 5.41. The molecule has 4 aromatic rings. The third-order valence-corrected chi connectivity index (χ3v) is 7.81. The van der Waals surface area contributed by atoms with Gasteiger partial charge in [-0.05, 0) is 30.5 Å². The van der Waals surface area contributed by atoms with E-state index in [1.165, 1.54) is 24.1 Å². The van der Waals surface area contributed by atoms with Crippen LogP contribution < -0.4 is 11.3 Å². The fourth-order valence-electron chi connectivity index (χ4n) is 5.15. The van der Waals surface area contributed by atoms with Crippen molar-refractivity contribution in [2.45, 2.75) is 38.1 Å². The molecule has 0 saturated carbocycles. The van der Waals surface area contributed by atoms with E-state index in [0.29, 0.717) is 38.0 Å². The number of nitrogens with two attached hydrogens (primary N) is 1. The van der Waals surface area contributed by atoms with E-state index in [1.54, 1.807) is 11.7 Å². The standard InChI is InChI=1S/C28H30ClFN6O4.2ClH/c1-34-25(18-5-3-17(13-31)4-6-18)23-24(33-34)26(37)36(16-32-23)15-28(39)7-9-35(10-8-28)14-20-21(29)11-19(12-22(20)30)27(38)40-2;;/h3-6,11-12,16,39H,7-10,13-15,31H2,1-2H3;2*1H. The van der Waals surface area contributed by atoms with Crippen LogP contribution in [-0.2, 0) is 31.4 Å². The topological polar surface area (TPSA) is 128 Å². The lowest BCUT2D eigenvalue weighted by molar-refractivity contribution is -0.0366. The number of benzene rings is 2. The van der Waals surface area contributed by atoms with Crippen molar-refractivity contribution in [1.29, 1.82) is 0 Å². The second-order valence-electron chi connectivity index (χ2n) is 10.2. The molecule has 0 unspecified atom stereocenters. The highest BCUT2D eigenvalue weighted by Crippen LogP contribution is 2.29. The molecular weight excluding hydrogens is 610 g/mol. The molecule has 1 fully saturated rings. The Morgan fingerprint density at radius 1 is 1.17 bits per heavy atom. The summed E-state index contributed by atoms with van der Waals surface area (Å²) in [5.41, 5.74) is 7.84. The molecule has 42 heavy (non-hydrogen) atoms. The Balaban J connectivity index is 0.00000242. The van der Waals surface area contributed by atoms with Gasteiger partial charge in [0.05, 0.1) is 36.8 Å². The van der Waals surface area contributed by atoms with Crippen molar-refractivity contribution in [1.82, 2.24) is 24.2 Å². The van der Waals surface area contributed by atoms with Crippen LogP contribution in [-0.4, -0.2) is 61.1 Å². The van der Waals surface area contributed by atoms with Crippen LogP contribution in [0.15, 0.2) is 47.5 Å². The fraction of sp³-hybridized carbons (Fsp3) is 0.357. The minimum Gasteiger partial charge on any atom is -0.465 e. The van der Waals surface area contributed by atoms with Gasteiger partial charge in [0, 0.05) is 49.4 Å². The number of carbonyl (C=O) groups excluding carboxylic acids is 1. The Labute approximate surface area is 259 Å². The molecule has 0 bridgehead atoms. The lowest BCUT2D eigenvalue weighted by Gasteiger charge is -2.38. The molecule has 3 heterocycles. The first kappa shape index (κ1) is 33.4. The number of esters is 1. The lowest BCUT2D eigenvalue weighted by atomic mass is 9.91. The predicted molar refractivity (Wildman–Crippen MR) is 163 cm³/mol. The van der Waals surface area contributed by atoms with Crippen LogP contribution >= 0.6 is 36.4 Å². The second-order valence-corrected chi connectivity index (χ2v) is 10.6. The molecule has 10 nitrogen and oxygen atoms in total. The molecule has 1 saturated heterocycles. The van der Waals surface area contributed by atoms with Crippen LogP contribution in [0.25, 0.3) is 22.3 Å². The number of rotatable bonds is 7. The first-order valence-electron chi connectivity index (χ1n) is 12.8. The first-order chi connectivity index (χ1) is 19.1. The predicted octanol–water partition coefficient (Wildman–Crippen LogP) is 3.71. The van der Waals surface area contributed by atoms with Crippen molar-refractivity contribution >= 4 is 53.4 Å². The third kappa shape index (κ3) is 6.61. The largest absolute Gasteiger partial charge is 0.465 e. The molecule has 226 valence electrons. The molecule has 0 amide bonds. The molecule has 0 aliphatic carbocycles. The molecule has 0 spiro atoms. The number of aromatic nitrogens is 4. The van der Waals surface area contributed by atoms with Crippen molar-refractivity contribution in [3.05, 3.63) is 80.6 Å². The van der Waals surface area contributed by atoms with E-state index in [1.807, 2.05) is 29.2 Å². The normalized spacial score (nSPS) is 14.7. The van der Waals surface area contributed by atoms with Crippen molar-refractivity contribution < 1.29 is 19.0 Å². The SMILES string of the molecule is COC(=O)c1cc(F)c(CN2CCC(O)(Cn3cnc4c(-c5ccc(CN)cc5)n(C)nc4c3=O)CC2)c(Cl)c1.Cl.Cl. The molecule has 3 N–H and O–H groups in total. The van der Waals surface area contributed by atoms with Crippen LogP contribution in [0.2, 0.25) is 5.02 Å².